The zero-order chi connectivity index (χ0) is 11.1. The van der Waals surface area contributed by atoms with Crippen molar-refractivity contribution < 1.29 is 13.2 Å². The van der Waals surface area contributed by atoms with Crippen LogP contribution < -0.4 is 0 Å². The molecule has 1 saturated carbocycles. The summed E-state index contributed by atoms with van der Waals surface area (Å²) < 4.78 is 39.6. The highest BCUT2D eigenvalue weighted by Gasteiger charge is 2.58. The Balaban J connectivity index is 2.39. The molecule has 0 aliphatic heterocycles. The molecule has 1 aliphatic rings. The van der Waals surface area contributed by atoms with Gasteiger partial charge in [-0.3, -0.25) is 0 Å². The average molecular weight is 279 g/mol. The molecule has 82 valence electrons. The van der Waals surface area contributed by atoms with Gasteiger partial charge in [0.05, 0.1) is 5.41 Å². The zero-order valence-corrected chi connectivity index (χ0v) is 9.53. The monoisotopic (exact) mass is 278 g/mol. The van der Waals surface area contributed by atoms with E-state index in [-0.39, 0.29) is 12.8 Å². The fraction of sp³-hybridized carbons (Fsp3) is 0.455. The molecule has 0 nitrogen and oxygen atoms in total. The maximum absolute atomic E-state index is 12.9. The summed E-state index contributed by atoms with van der Waals surface area (Å²) in [6, 6.07) is 6.47. The number of benzene rings is 1. The van der Waals surface area contributed by atoms with E-state index in [4.69, 9.17) is 0 Å². The first-order valence-electron chi connectivity index (χ1n) is 4.78. The van der Waals surface area contributed by atoms with Crippen LogP contribution in [0, 0.1) is 0 Å². The Kier molecular flexibility index (Phi) is 2.57. The van der Waals surface area contributed by atoms with Crippen LogP contribution in [-0.2, 0) is 5.41 Å². The van der Waals surface area contributed by atoms with E-state index in [1.54, 1.807) is 24.3 Å². The summed E-state index contributed by atoms with van der Waals surface area (Å²) in [5.41, 5.74) is -1.18. The predicted octanol–water partition coefficient (Wildman–Crippen LogP) is 4.43. The summed E-state index contributed by atoms with van der Waals surface area (Å²) in [6.45, 7) is 0. The van der Waals surface area contributed by atoms with Crippen LogP contribution in [0.3, 0.4) is 0 Å². The fourth-order valence-corrected chi connectivity index (χ4v) is 2.30. The van der Waals surface area contributed by atoms with Gasteiger partial charge < -0.3 is 0 Å². The van der Waals surface area contributed by atoms with Crippen LogP contribution in [0.4, 0.5) is 13.2 Å². The molecule has 1 aliphatic carbocycles. The molecule has 1 aromatic carbocycles. The topological polar surface area (TPSA) is 0 Å². The number of alkyl halides is 3. The van der Waals surface area contributed by atoms with Gasteiger partial charge in [0.2, 0.25) is 0 Å². The van der Waals surface area contributed by atoms with Crippen molar-refractivity contribution in [1.82, 2.24) is 0 Å². The molecule has 0 aromatic heterocycles. The zero-order valence-electron chi connectivity index (χ0n) is 7.94. The van der Waals surface area contributed by atoms with Gasteiger partial charge in [0.25, 0.3) is 0 Å². The molecule has 0 spiro atoms. The number of hydrogen-bond acceptors (Lipinski definition) is 0. The maximum Gasteiger partial charge on any atom is 0.398 e. The largest absolute Gasteiger partial charge is 0.398 e. The number of halogens is 4. The molecule has 0 N–H and O–H groups in total. The maximum atomic E-state index is 12.9. The lowest BCUT2D eigenvalue weighted by molar-refractivity contribution is -0.212. The van der Waals surface area contributed by atoms with Crippen molar-refractivity contribution in [2.75, 3.05) is 0 Å². The summed E-state index contributed by atoms with van der Waals surface area (Å²) in [5.74, 6) is 0. The van der Waals surface area contributed by atoms with Crippen LogP contribution in [-0.4, -0.2) is 6.18 Å². The van der Waals surface area contributed by atoms with Crippen LogP contribution in [0.5, 0.6) is 0 Å². The van der Waals surface area contributed by atoms with Gasteiger partial charge in [-0.25, -0.2) is 0 Å². The first-order chi connectivity index (χ1) is 6.96. The van der Waals surface area contributed by atoms with Gasteiger partial charge in [0, 0.05) is 4.47 Å². The summed E-state index contributed by atoms with van der Waals surface area (Å²) in [5, 5.41) is 0. The Morgan fingerprint density at radius 3 is 1.93 bits per heavy atom. The van der Waals surface area contributed by atoms with E-state index in [1.165, 1.54) is 0 Å². The molecule has 0 saturated heterocycles. The van der Waals surface area contributed by atoms with Crippen LogP contribution in [0.15, 0.2) is 28.7 Å². The third-order valence-electron chi connectivity index (χ3n) is 3.15. The van der Waals surface area contributed by atoms with Crippen molar-refractivity contribution in [3.8, 4) is 0 Å². The smallest absolute Gasteiger partial charge is 0.170 e. The van der Waals surface area contributed by atoms with Crippen molar-refractivity contribution in [1.29, 1.82) is 0 Å². The third kappa shape index (κ3) is 1.69. The number of rotatable bonds is 1. The summed E-state index contributed by atoms with van der Waals surface area (Å²) >= 11 is 3.22. The molecule has 0 heterocycles. The van der Waals surface area contributed by atoms with Crippen molar-refractivity contribution in [3.05, 3.63) is 34.3 Å². The minimum atomic E-state index is -4.13. The highest BCUT2D eigenvalue weighted by atomic mass is 79.9. The molecule has 0 radical (unpaired) electrons. The van der Waals surface area contributed by atoms with Crippen molar-refractivity contribution in [2.24, 2.45) is 0 Å². The van der Waals surface area contributed by atoms with Gasteiger partial charge >= 0.3 is 6.18 Å². The Morgan fingerprint density at radius 1 is 1.07 bits per heavy atom. The highest BCUT2D eigenvalue weighted by Crippen LogP contribution is 2.54. The van der Waals surface area contributed by atoms with E-state index in [9.17, 15) is 13.2 Å². The molecule has 0 atom stereocenters. The third-order valence-corrected chi connectivity index (χ3v) is 3.68. The van der Waals surface area contributed by atoms with Gasteiger partial charge in [-0.15, -0.1) is 0 Å². The van der Waals surface area contributed by atoms with Crippen LogP contribution in [0.2, 0.25) is 0 Å². The quantitative estimate of drug-likeness (QED) is 0.713. The standard InChI is InChI=1S/C11H10BrF3/c12-9-4-2-8(3-5-9)10(6-1-7-10)11(13,14)15/h2-5H,1,6-7H2. The highest BCUT2D eigenvalue weighted by molar-refractivity contribution is 9.10. The Morgan fingerprint density at radius 2 is 1.60 bits per heavy atom. The second-order valence-electron chi connectivity index (χ2n) is 3.94. The van der Waals surface area contributed by atoms with E-state index in [0.29, 0.717) is 12.0 Å². The van der Waals surface area contributed by atoms with Crippen LogP contribution in [0.25, 0.3) is 0 Å². The van der Waals surface area contributed by atoms with E-state index in [0.717, 1.165) is 4.47 Å². The average Bonchev–Trinajstić information content (AvgIpc) is 2.03. The Bertz CT molecular complexity index is 349. The SMILES string of the molecule is FC(F)(F)C1(c2ccc(Br)cc2)CCC1. The molecule has 0 amide bonds. The summed E-state index contributed by atoms with van der Waals surface area (Å²) in [6.07, 6.45) is -3.02. The molecule has 2 rings (SSSR count). The van der Waals surface area contributed by atoms with Gasteiger partial charge in [-0.05, 0) is 30.5 Å². The van der Waals surface area contributed by atoms with E-state index < -0.39 is 11.6 Å². The van der Waals surface area contributed by atoms with Crippen LogP contribution in [0.1, 0.15) is 24.8 Å². The molecule has 4 heteroatoms. The minimum Gasteiger partial charge on any atom is -0.170 e. The lowest BCUT2D eigenvalue weighted by Gasteiger charge is -2.43. The minimum absolute atomic E-state index is 0.220. The van der Waals surface area contributed by atoms with E-state index in [2.05, 4.69) is 15.9 Å². The lowest BCUT2D eigenvalue weighted by Crippen LogP contribution is -2.47. The molecule has 1 aromatic rings. The van der Waals surface area contributed by atoms with Gasteiger partial charge in [0.15, 0.2) is 0 Å². The van der Waals surface area contributed by atoms with Gasteiger partial charge in [0.1, 0.15) is 0 Å². The second kappa shape index (κ2) is 3.51. The van der Waals surface area contributed by atoms with Crippen molar-refractivity contribution in [3.63, 3.8) is 0 Å². The first-order valence-corrected chi connectivity index (χ1v) is 5.58. The van der Waals surface area contributed by atoms with Crippen LogP contribution >= 0.6 is 15.9 Å². The Labute approximate surface area is 94.6 Å². The predicted molar refractivity (Wildman–Crippen MR) is 55.7 cm³/mol. The second-order valence-corrected chi connectivity index (χ2v) is 4.86. The molecule has 0 bridgehead atoms. The number of hydrogen-bond donors (Lipinski definition) is 0. The molecular formula is C11H10BrF3. The molecule has 1 fully saturated rings. The summed E-state index contributed by atoms with van der Waals surface area (Å²) in [7, 11) is 0. The Hall–Kier alpha value is -0.510. The molecular weight excluding hydrogens is 269 g/mol. The van der Waals surface area contributed by atoms with E-state index in [1.807, 2.05) is 0 Å². The van der Waals surface area contributed by atoms with Gasteiger partial charge in [-0.1, -0.05) is 34.5 Å². The van der Waals surface area contributed by atoms with E-state index >= 15 is 0 Å². The normalized spacial score (nSPS) is 19.7. The lowest BCUT2D eigenvalue weighted by atomic mass is 9.64. The first kappa shape index (κ1) is 11.0. The van der Waals surface area contributed by atoms with Crippen molar-refractivity contribution in [2.45, 2.75) is 30.9 Å². The van der Waals surface area contributed by atoms with Crippen molar-refractivity contribution >= 4 is 15.9 Å². The molecule has 15 heavy (non-hydrogen) atoms. The van der Waals surface area contributed by atoms with Gasteiger partial charge in [-0.2, -0.15) is 13.2 Å². The molecule has 0 unspecified atom stereocenters. The summed E-state index contributed by atoms with van der Waals surface area (Å²) in [4.78, 5) is 0. The fourth-order valence-electron chi connectivity index (χ4n) is 2.04.